The molecule has 0 heterocycles. The van der Waals surface area contributed by atoms with Gasteiger partial charge in [0.1, 0.15) is 12.6 Å². The van der Waals surface area contributed by atoms with E-state index in [1.165, 1.54) is 0 Å². The second-order valence-corrected chi connectivity index (χ2v) is 1.62. The molecule has 0 atom stereocenters. The van der Waals surface area contributed by atoms with Crippen molar-refractivity contribution in [2.75, 3.05) is 0 Å². The smallest absolute Gasteiger partial charge is 0.119 e. The topological polar surface area (TPSA) is 34.1 Å². The first-order valence-corrected chi connectivity index (χ1v) is 2.79. The van der Waals surface area contributed by atoms with Gasteiger partial charge < -0.3 is 9.59 Å². The van der Waals surface area contributed by atoms with E-state index < -0.39 is 0 Å². The summed E-state index contributed by atoms with van der Waals surface area (Å²) in [5.41, 5.74) is 0. The van der Waals surface area contributed by atoms with Gasteiger partial charge in [0, 0.05) is 12.8 Å². The highest BCUT2D eigenvalue weighted by Gasteiger charge is 1.83. The van der Waals surface area contributed by atoms with Crippen molar-refractivity contribution in [3.63, 3.8) is 0 Å². The summed E-state index contributed by atoms with van der Waals surface area (Å²) < 4.78 is 0. The van der Waals surface area contributed by atoms with Crippen molar-refractivity contribution in [2.24, 2.45) is 0 Å². The van der Waals surface area contributed by atoms with Crippen LogP contribution < -0.4 is 0 Å². The maximum Gasteiger partial charge on any atom is 0.119 e. The van der Waals surface area contributed by atoms with Gasteiger partial charge in [-0.1, -0.05) is 0 Å². The summed E-state index contributed by atoms with van der Waals surface area (Å²) >= 11 is 0. The lowest BCUT2D eigenvalue weighted by molar-refractivity contribution is -0.109. The van der Waals surface area contributed by atoms with E-state index in [4.69, 9.17) is 0 Å². The Hall–Kier alpha value is -0.370. The number of aldehydes is 2. The fraction of sp³-hybridized carbons (Fsp3) is 0.667. The molecule has 0 spiro atoms. The van der Waals surface area contributed by atoms with Gasteiger partial charge in [0.05, 0.1) is 0 Å². The van der Waals surface area contributed by atoms with Gasteiger partial charge >= 0.3 is 0 Å². The summed E-state index contributed by atoms with van der Waals surface area (Å²) in [4.78, 5) is 19.4. The normalized spacial score (nSPS) is 7.56. The van der Waals surface area contributed by atoms with Crippen molar-refractivity contribution >= 4 is 25.0 Å². The molecule has 54 valence electrons. The summed E-state index contributed by atoms with van der Waals surface area (Å²) in [5.74, 6) is 0. The number of hydrogen-bond acceptors (Lipinski definition) is 2. The molecule has 3 heteroatoms. The summed E-state index contributed by atoms with van der Waals surface area (Å²) in [5, 5.41) is 0. The third-order valence-electron chi connectivity index (χ3n) is 0.894. The number of halogens is 1. The van der Waals surface area contributed by atoms with Crippen LogP contribution in [0.1, 0.15) is 25.7 Å². The maximum atomic E-state index is 9.68. The van der Waals surface area contributed by atoms with Gasteiger partial charge in [-0.3, -0.25) is 0 Å². The minimum atomic E-state index is 0. The summed E-state index contributed by atoms with van der Waals surface area (Å²) in [7, 11) is 0. The van der Waals surface area contributed by atoms with Gasteiger partial charge in [0.2, 0.25) is 0 Å². The molecule has 0 aliphatic heterocycles. The van der Waals surface area contributed by atoms with Crippen LogP contribution >= 0.6 is 12.4 Å². The Labute approximate surface area is 61.0 Å². The van der Waals surface area contributed by atoms with Gasteiger partial charge in [-0.25, -0.2) is 0 Å². The van der Waals surface area contributed by atoms with Crippen LogP contribution in [0.4, 0.5) is 0 Å². The summed E-state index contributed by atoms with van der Waals surface area (Å²) in [6.45, 7) is 0. The molecular weight excluding hydrogens is 140 g/mol. The van der Waals surface area contributed by atoms with E-state index in [2.05, 4.69) is 0 Å². The number of carbonyl (C=O) groups is 2. The van der Waals surface area contributed by atoms with Crippen LogP contribution in [0, 0.1) is 0 Å². The number of carbonyl (C=O) groups excluding carboxylic acids is 2. The molecule has 0 radical (unpaired) electrons. The van der Waals surface area contributed by atoms with Crippen LogP contribution in [-0.2, 0) is 9.59 Å². The highest BCUT2D eigenvalue weighted by atomic mass is 35.5. The zero-order valence-electron chi connectivity index (χ0n) is 5.21. The molecule has 0 aliphatic rings. The van der Waals surface area contributed by atoms with E-state index in [1.807, 2.05) is 0 Å². The molecule has 0 saturated heterocycles. The molecule has 0 amide bonds. The Morgan fingerprint density at radius 1 is 0.889 bits per heavy atom. The molecule has 0 N–H and O–H groups in total. The van der Waals surface area contributed by atoms with Crippen molar-refractivity contribution in [2.45, 2.75) is 25.7 Å². The Morgan fingerprint density at radius 3 is 1.44 bits per heavy atom. The summed E-state index contributed by atoms with van der Waals surface area (Å²) in [6, 6.07) is 0. The molecule has 2 nitrogen and oxygen atoms in total. The minimum absolute atomic E-state index is 0. The zero-order chi connectivity index (χ0) is 6.24. The number of rotatable bonds is 5. The predicted molar refractivity (Wildman–Crippen MR) is 37.8 cm³/mol. The van der Waals surface area contributed by atoms with Crippen LogP contribution in [0.5, 0.6) is 0 Å². The van der Waals surface area contributed by atoms with Crippen molar-refractivity contribution in [1.82, 2.24) is 0 Å². The largest absolute Gasteiger partial charge is 0.303 e. The van der Waals surface area contributed by atoms with E-state index in [0.717, 1.165) is 25.4 Å². The van der Waals surface area contributed by atoms with Crippen molar-refractivity contribution in [3.8, 4) is 0 Å². The number of hydrogen-bond donors (Lipinski definition) is 0. The zero-order valence-corrected chi connectivity index (χ0v) is 6.02. The fourth-order valence-electron chi connectivity index (χ4n) is 0.455. The third-order valence-corrected chi connectivity index (χ3v) is 0.894. The van der Waals surface area contributed by atoms with Crippen LogP contribution in [-0.4, -0.2) is 12.6 Å². The number of unbranched alkanes of at least 4 members (excludes halogenated alkanes) is 3. The molecule has 0 fully saturated rings. The SMILES string of the molecule is Cl.O=CCCCCC=O. The molecular formula is C6H11ClO2. The van der Waals surface area contributed by atoms with E-state index in [-0.39, 0.29) is 12.4 Å². The fourth-order valence-corrected chi connectivity index (χ4v) is 0.455. The molecule has 0 aromatic carbocycles. The monoisotopic (exact) mass is 150 g/mol. The quantitative estimate of drug-likeness (QED) is 0.438. The predicted octanol–water partition coefficient (Wildman–Crippen LogP) is 1.37. The molecule has 0 aromatic heterocycles. The van der Waals surface area contributed by atoms with Crippen LogP contribution in [0.3, 0.4) is 0 Å². The molecule has 0 unspecified atom stereocenters. The first kappa shape index (κ1) is 11.4. The lowest BCUT2D eigenvalue weighted by Gasteiger charge is -1.85. The van der Waals surface area contributed by atoms with Crippen molar-refractivity contribution < 1.29 is 9.59 Å². The second-order valence-electron chi connectivity index (χ2n) is 1.62. The van der Waals surface area contributed by atoms with E-state index in [0.29, 0.717) is 12.8 Å². The summed E-state index contributed by atoms with van der Waals surface area (Å²) in [6.07, 6.45) is 4.64. The van der Waals surface area contributed by atoms with Crippen molar-refractivity contribution in [3.05, 3.63) is 0 Å². The highest BCUT2D eigenvalue weighted by Crippen LogP contribution is 1.93. The first-order chi connectivity index (χ1) is 3.91. The van der Waals surface area contributed by atoms with Crippen LogP contribution in [0.15, 0.2) is 0 Å². The van der Waals surface area contributed by atoms with Gasteiger partial charge in [-0.2, -0.15) is 0 Å². The Morgan fingerprint density at radius 2 is 1.22 bits per heavy atom. The molecule has 0 aliphatic carbocycles. The Kier molecular flexibility index (Phi) is 13.4. The lowest BCUT2D eigenvalue weighted by Crippen LogP contribution is -1.78. The molecule has 0 bridgehead atoms. The minimum Gasteiger partial charge on any atom is -0.303 e. The van der Waals surface area contributed by atoms with Gasteiger partial charge in [-0.15, -0.1) is 12.4 Å². The molecule has 0 saturated carbocycles. The standard InChI is InChI=1S/C6H10O2.ClH/c7-5-3-1-2-4-6-8;/h5-6H,1-4H2;1H. The van der Waals surface area contributed by atoms with Gasteiger partial charge in [0.15, 0.2) is 0 Å². The highest BCUT2D eigenvalue weighted by molar-refractivity contribution is 5.85. The third kappa shape index (κ3) is 11.3. The lowest BCUT2D eigenvalue weighted by atomic mass is 10.2. The van der Waals surface area contributed by atoms with Crippen LogP contribution in [0.2, 0.25) is 0 Å². The average molecular weight is 151 g/mol. The van der Waals surface area contributed by atoms with Gasteiger partial charge in [-0.05, 0) is 12.8 Å². The van der Waals surface area contributed by atoms with E-state index in [9.17, 15) is 9.59 Å². The first-order valence-electron chi connectivity index (χ1n) is 2.79. The van der Waals surface area contributed by atoms with E-state index >= 15 is 0 Å². The van der Waals surface area contributed by atoms with Crippen molar-refractivity contribution in [1.29, 1.82) is 0 Å². The Balaban J connectivity index is 0. The molecule has 0 rings (SSSR count). The maximum absolute atomic E-state index is 9.68. The van der Waals surface area contributed by atoms with Gasteiger partial charge in [0.25, 0.3) is 0 Å². The molecule has 0 aromatic rings. The molecule has 9 heavy (non-hydrogen) atoms. The Bertz CT molecular complexity index is 63.5. The van der Waals surface area contributed by atoms with E-state index in [1.54, 1.807) is 0 Å². The second kappa shape index (κ2) is 10.6. The van der Waals surface area contributed by atoms with Crippen LogP contribution in [0.25, 0.3) is 0 Å². The average Bonchev–Trinajstić information content (AvgIpc) is 1.81.